The zero-order valence-corrected chi connectivity index (χ0v) is 10.9. The Kier molecular flexibility index (Phi) is 6.67. The minimum Gasteiger partial charge on any atom is -0.496 e. The molecule has 0 heterocycles. The number of para-hydroxylation sites is 1. The molecule has 0 amide bonds. The second kappa shape index (κ2) is 8.09. The first-order chi connectivity index (χ1) is 8.31. The van der Waals surface area contributed by atoms with Crippen LogP contribution in [0.15, 0.2) is 24.3 Å². The highest BCUT2D eigenvalue weighted by atomic mass is 16.5. The Labute approximate surface area is 104 Å². The summed E-state index contributed by atoms with van der Waals surface area (Å²) in [5.41, 5.74) is 1.18. The summed E-state index contributed by atoms with van der Waals surface area (Å²) >= 11 is 0. The molecular formula is C14H23NO2. The van der Waals surface area contributed by atoms with Crippen LogP contribution in [0, 0.1) is 0 Å². The number of methoxy groups -OCH3 is 1. The van der Waals surface area contributed by atoms with Crippen molar-refractivity contribution in [3.8, 4) is 5.75 Å². The molecule has 1 rings (SSSR count). The van der Waals surface area contributed by atoms with Crippen LogP contribution in [0.2, 0.25) is 0 Å². The summed E-state index contributed by atoms with van der Waals surface area (Å²) in [5, 5.41) is 9.07. The van der Waals surface area contributed by atoms with E-state index in [2.05, 4.69) is 17.9 Å². The summed E-state index contributed by atoms with van der Waals surface area (Å²) < 4.78 is 5.34. The van der Waals surface area contributed by atoms with Crippen molar-refractivity contribution in [1.82, 2.24) is 4.90 Å². The highest BCUT2D eigenvalue weighted by Crippen LogP contribution is 2.19. The van der Waals surface area contributed by atoms with E-state index >= 15 is 0 Å². The van der Waals surface area contributed by atoms with Crippen molar-refractivity contribution in [3.05, 3.63) is 29.8 Å². The molecule has 0 spiro atoms. The number of hydrogen-bond donors (Lipinski definition) is 1. The largest absolute Gasteiger partial charge is 0.496 e. The summed E-state index contributed by atoms with van der Waals surface area (Å²) in [6, 6.07) is 8.06. The maximum atomic E-state index is 9.07. The van der Waals surface area contributed by atoms with Gasteiger partial charge >= 0.3 is 0 Å². The fourth-order valence-corrected chi connectivity index (χ4v) is 1.87. The van der Waals surface area contributed by atoms with Gasteiger partial charge in [0.15, 0.2) is 0 Å². The minimum absolute atomic E-state index is 0.207. The van der Waals surface area contributed by atoms with Crippen LogP contribution in [0.5, 0.6) is 5.75 Å². The molecule has 1 N–H and O–H groups in total. The molecule has 1 aromatic rings. The Morgan fingerprint density at radius 2 is 2.00 bits per heavy atom. The predicted octanol–water partition coefficient (Wildman–Crippen LogP) is 2.29. The van der Waals surface area contributed by atoms with Gasteiger partial charge in [-0.3, -0.25) is 4.90 Å². The van der Waals surface area contributed by atoms with Gasteiger partial charge in [-0.15, -0.1) is 0 Å². The molecule has 0 aliphatic rings. The van der Waals surface area contributed by atoms with Crippen molar-refractivity contribution in [2.45, 2.75) is 26.3 Å². The van der Waals surface area contributed by atoms with E-state index in [-0.39, 0.29) is 6.61 Å². The van der Waals surface area contributed by atoms with E-state index in [0.717, 1.165) is 31.8 Å². The van der Waals surface area contributed by atoms with Gasteiger partial charge in [0.1, 0.15) is 5.75 Å². The molecule has 0 saturated heterocycles. The van der Waals surface area contributed by atoms with E-state index in [1.54, 1.807) is 7.11 Å². The molecule has 0 radical (unpaired) electrons. The molecule has 0 fully saturated rings. The standard InChI is InChI=1S/C14H23NO2/c1-3-4-9-15(10-11-16)12-13-7-5-6-8-14(13)17-2/h5-8,16H,3-4,9-12H2,1-2H3. The van der Waals surface area contributed by atoms with E-state index < -0.39 is 0 Å². The number of benzene rings is 1. The Bertz CT molecular complexity index is 315. The lowest BCUT2D eigenvalue weighted by molar-refractivity contribution is 0.187. The molecule has 3 heteroatoms. The summed E-state index contributed by atoms with van der Waals surface area (Å²) in [4.78, 5) is 2.27. The van der Waals surface area contributed by atoms with Gasteiger partial charge < -0.3 is 9.84 Å². The first kappa shape index (κ1) is 14.0. The van der Waals surface area contributed by atoms with Crippen molar-refractivity contribution < 1.29 is 9.84 Å². The van der Waals surface area contributed by atoms with Crippen LogP contribution in [-0.4, -0.2) is 36.8 Å². The molecule has 0 aliphatic heterocycles. The summed E-state index contributed by atoms with van der Waals surface area (Å²) in [6.45, 7) is 4.97. The third-order valence-electron chi connectivity index (χ3n) is 2.83. The Hall–Kier alpha value is -1.06. The predicted molar refractivity (Wildman–Crippen MR) is 70.3 cm³/mol. The zero-order valence-electron chi connectivity index (χ0n) is 10.9. The maximum absolute atomic E-state index is 9.07. The highest BCUT2D eigenvalue weighted by Gasteiger charge is 2.08. The number of ether oxygens (including phenoxy) is 1. The second-order valence-corrected chi connectivity index (χ2v) is 4.17. The summed E-state index contributed by atoms with van der Waals surface area (Å²) in [7, 11) is 1.70. The van der Waals surface area contributed by atoms with Gasteiger partial charge in [-0.2, -0.15) is 0 Å². The van der Waals surface area contributed by atoms with Crippen molar-refractivity contribution in [1.29, 1.82) is 0 Å². The van der Waals surface area contributed by atoms with Gasteiger partial charge in [-0.25, -0.2) is 0 Å². The lowest BCUT2D eigenvalue weighted by Crippen LogP contribution is -2.27. The van der Waals surface area contributed by atoms with Gasteiger partial charge in [-0.05, 0) is 19.0 Å². The van der Waals surface area contributed by atoms with Crippen LogP contribution < -0.4 is 4.74 Å². The molecule has 0 aliphatic carbocycles. The monoisotopic (exact) mass is 237 g/mol. The fourth-order valence-electron chi connectivity index (χ4n) is 1.87. The van der Waals surface area contributed by atoms with E-state index in [9.17, 15) is 0 Å². The number of rotatable bonds is 8. The third-order valence-corrected chi connectivity index (χ3v) is 2.83. The van der Waals surface area contributed by atoms with E-state index in [0.29, 0.717) is 0 Å². The maximum Gasteiger partial charge on any atom is 0.123 e. The third kappa shape index (κ3) is 4.75. The average molecular weight is 237 g/mol. The van der Waals surface area contributed by atoms with Gasteiger partial charge in [0, 0.05) is 18.7 Å². The number of aliphatic hydroxyl groups excluding tert-OH is 1. The van der Waals surface area contributed by atoms with Crippen molar-refractivity contribution in [2.75, 3.05) is 26.8 Å². The molecule has 0 unspecified atom stereocenters. The van der Waals surface area contributed by atoms with Crippen molar-refractivity contribution in [3.63, 3.8) is 0 Å². The summed E-state index contributed by atoms with van der Waals surface area (Å²) in [5.74, 6) is 0.923. The Morgan fingerprint density at radius 3 is 2.65 bits per heavy atom. The first-order valence-corrected chi connectivity index (χ1v) is 6.27. The van der Waals surface area contributed by atoms with Crippen LogP contribution in [0.1, 0.15) is 25.3 Å². The molecule has 0 saturated carbocycles. The smallest absolute Gasteiger partial charge is 0.123 e. The molecule has 3 nitrogen and oxygen atoms in total. The highest BCUT2D eigenvalue weighted by molar-refractivity contribution is 5.33. The van der Waals surface area contributed by atoms with Crippen LogP contribution in [-0.2, 0) is 6.54 Å². The number of unbranched alkanes of at least 4 members (excludes halogenated alkanes) is 1. The average Bonchev–Trinajstić information content (AvgIpc) is 2.37. The Balaban J connectivity index is 2.63. The van der Waals surface area contributed by atoms with Crippen LogP contribution >= 0.6 is 0 Å². The SMILES string of the molecule is CCCCN(CCO)Cc1ccccc1OC. The van der Waals surface area contributed by atoms with E-state index in [4.69, 9.17) is 9.84 Å². The van der Waals surface area contributed by atoms with Crippen molar-refractivity contribution >= 4 is 0 Å². The van der Waals surface area contributed by atoms with Crippen molar-refractivity contribution in [2.24, 2.45) is 0 Å². The molecule has 96 valence electrons. The lowest BCUT2D eigenvalue weighted by Gasteiger charge is -2.22. The van der Waals surface area contributed by atoms with Gasteiger partial charge in [0.25, 0.3) is 0 Å². The quantitative estimate of drug-likeness (QED) is 0.753. The normalized spacial score (nSPS) is 10.8. The Morgan fingerprint density at radius 1 is 1.24 bits per heavy atom. The summed E-state index contributed by atoms with van der Waals surface area (Å²) in [6.07, 6.45) is 2.34. The number of nitrogens with zero attached hydrogens (tertiary/aromatic N) is 1. The number of aliphatic hydroxyl groups is 1. The van der Waals surface area contributed by atoms with Gasteiger partial charge in [-0.1, -0.05) is 31.5 Å². The van der Waals surface area contributed by atoms with Gasteiger partial charge in [0.2, 0.25) is 0 Å². The van der Waals surface area contributed by atoms with Gasteiger partial charge in [0.05, 0.1) is 13.7 Å². The molecule has 1 aromatic carbocycles. The van der Waals surface area contributed by atoms with Crippen LogP contribution in [0.25, 0.3) is 0 Å². The fraction of sp³-hybridized carbons (Fsp3) is 0.571. The van der Waals surface area contributed by atoms with Crippen LogP contribution in [0.4, 0.5) is 0 Å². The minimum atomic E-state index is 0.207. The number of hydrogen-bond acceptors (Lipinski definition) is 3. The molecule has 0 atom stereocenters. The zero-order chi connectivity index (χ0) is 12.5. The van der Waals surface area contributed by atoms with E-state index in [1.807, 2.05) is 18.2 Å². The molecule has 0 aromatic heterocycles. The molecule has 17 heavy (non-hydrogen) atoms. The molecule has 0 bridgehead atoms. The van der Waals surface area contributed by atoms with E-state index in [1.165, 1.54) is 12.0 Å². The second-order valence-electron chi connectivity index (χ2n) is 4.17. The molecular weight excluding hydrogens is 214 g/mol. The van der Waals surface area contributed by atoms with Crippen LogP contribution in [0.3, 0.4) is 0 Å². The first-order valence-electron chi connectivity index (χ1n) is 6.27. The topological polar surface area (TPSA) is 32.7 Å². The lowest BCUT2D eigenvalue weighted by atomic mass is 10.2.